The van der Waals surface area contributed by atoms with Gasteiger partial charge in [-0.15, -0.1) is 24.0 Å². The minimum absolute atomic E-state index is 0. The smallest absolute Gasteiger partial charge is 0.137 e. The number of ether oxygens (including phenoxy) is 1. The highest BCUT2D eigenvalue weighted by Crippen LogP contribution is 2.23. The van der Waals surface area contributed by atoms with Crippen LogP contribution in [0.5, 0.6) is 5.75 Å². The van der Waals surface area contributed by atoms with Crippen LogP contribution in [-0.4, -0.2) is 23.0 Å². The van der Waals surface area contributed by atoms with Crippen LogP contribution in [0.4, 0.5) is 0 Å². The Labute approximate surface area is 131 Å². The number of alkyl halides is 1. The normalized spacial score (nSPS) is 11.8. The first-order chi connectivity index (χ1) is 9.13. The number of H-pyrrole nitrogens is 1. The SMILES string of the molecule is COc1cccc(-c2nc(CC(C)CCl)c(C)[nH]2)c1.Cl. The lowest BCUT2D eigenvalue weighted by Crippen LogP contribution is -2.02. The maximum atomic E-state index is 5.86. The number of benzene rings is 1. The van der Waals surface area contributed by atoms with Crippen LogP contribution < -0.4 is 4.74 Å². The summed E-state index contributed by atoms with van der Waals surface area (Å²) in [5.74, 6) is 2.80. The number of rotatable bonds is 5. The molecule has 110 valence electrons. The molecule has 3 nitrogen and oxygen atoms in total. The second-order valence-electron chi connectivity index (χ2n) is 4.85. The average molecular weight is 315 g/mol. The van der Waals surface area contributed by atoms with Gasteiger partial charge in [-0.1, -0.05) is 19.1 Å². The molecule has 0 saturated carbocycles. The third-order valence-corrected chi connectivity index (χ3v) is 3.66. The van der Waals surface area contributed by atoms with Crippen molar-refractivity contribution in [2.24, 2.45) is 5.92 Å². The lowest BCUT2D eigenvalue weighted by molar-refractivity contribution is 0.415. The van der Waals surface area contributed by atoms with Crippen LogP contribution >= 0.6 is 24.0 Å². The minimum atomic E-state index is 0. The third kappa shape index (κ3) is 3.90. The molecule has 2 rings (SSSR count). The van der Waals surface area contributed by atoms with Gasteiger partial charge in [0.2, 0.25) is 0 Å². The van der Waals surface area contributed by atoms with E-state index in [9.17, 15) is 0 Å². The highest BCUT2D eigenvalue weighted by Gasteiger charge is 2.11. The third-order valence-electron chi connectivity index (χ3n) is 3.13. The van der Waals surface area contributed by atoms with Gasteiger partial charge in [-0.25, -0.2) is 4.98 Å². The molecule has 0 amide bonds. The van der Waals surface area contributed by atoms with Gasteiger partial charge in [0.1, 0.15) is 11.6 Å². The Kier molecular flexibility index (Phi) is 6.37. The van der Waals surface area contributed by atoms with E-state index in [1.54, 1.807) is 7.11 Å². The van der Waals surface area contributed by atoms with Crippen LogP contribution in [0.2, 0.25) is 0 Å². The first kappa shape index (κ1) is 16.9. The van der Waals surface area contributed by atoms with Crippen molar-refractivity contribution in [2.75, 3.05) is 13.0 Å². The minimum Gasteiger partial charge on any atom is -0.497 e. The van der Waals surface area contributed by atoms with E-state index in [2.05, 4.69) is 16.9 Å². The average Bonchev–Trinajstić information content (AvgIpc) is 2.80. The number of aromatic amines is 1. The molecule has 5 heteroatoms. The van der Waals surface area contributed by atoms with Crippen LogP contribution in [0, 0.1) is 12.8 Å². The molecule has 1 heterocycles. The zero-order valence-electron chi connectivity index (χ0n) is 11.9. The molecule has 20 heavy (non-hydrogen) atoms. The monoisotopic (exact) mass is 314 g/mol. The van der Waals surface area contributed by atoms with Crippen molar-refractivity contribution in [1.29, 1.82) is 0 Å². The van der Waals surface area contributed by atoms with E-state index in [1.165, 1.54) is 0 Å². The van der Waals surface area contributed by atoms with Crippen LogP contribution in [0.15, 0.2) is 24.3 Å². The molecule has 0 aliphatic carbocycles. The van der Waals surface area contributed by atoms with Gasteiger partial charge in [0.25, 0.3) is 0 Å². The molecule has 0 aliphatic rings. The van der Waals surface area contributed by atoms with E-state index in [-0.39, 0.29) is 12.4 Å². The number of nitrogens with zero attached hydrogens (tertiary/aromatic N) is 1. The fourth-order valence-corrected chi connectivity index (χ4v) is 2.10. The molecule has 0 spiro atoms. The predicted octanol–water partition coefficient (Wildman–Crippen LogP) is 4.23. The molecule has 1 aromatic carbocycles. The lowest BCUT2D eigenvalue weighted by atomic mass is 10.1. The van der Waals surface area contributed by atoms with E-state index >= 15 is 0 Å². The Bertz CT molecular complexity index is 555. The number of hydrogen-bond donors (Lipinski definition) is 1. The molecule has 0 aliphatic heterocycles. The van der Waals surface area contributed by atoms with Crippen LogP contribution in [0.25, 0.3) is 11.4 Å². The van der Waals surface area contributed by atoms with Gasteiger partial charge >= 0.3 is 0 Å². The summed E-state index contributed by atoms with van der Waals surface area (Å²) in [5.41, 5.74) is 3.23. The number of halogens is 2. The highest BCUT2D eigenvalue weighted by molar-refractivity contribution is 6.18. The molecular formula is C15H20Cl2N2O. The van der Waals surface area contributed by atoms with E-state index in [0.29, 0.717) is 11.8 Å². The fourth-order valence-electron chi connectivity index (χ4n) is 1.99. The van der Waals surface area contributed by atoms with Crippen LogP contribution in [0.3, 0.4) is 0 Å². The molecule has 1 unspecified atom stereocenters. The summed E-state index contributed by atoms with van der Waals surface area (Å²) >= 11 is 5.86. The van der Waals surface area contributed by atoms with E-state index in [4.69, 9.17) is 16.3 Å². The molecule has 0 saturated heterocycles. The first-order valence-electron chi connectivity index (χ1n) is 6.40. The van der Waals surface area contributed by atoms with Crippen molar-refractivity contribution in [2.45, 2.75) is 20.3 Å². The van der Waals surface area contributed by atoms with Gasteiger partial charge in [-0.2, -0.15) is 0 Å². The highest BCUT2D eigenvalue weighted by atomic mass is 35.5. The first-order valence-corrected chi connectivity index (χ1v) is 6.93. The summed E-state index contributed by atoms with van der Waals surface area (Å²) in [4.78, 5) is 8.01. The van der Waals surface area contributed by atoms with Gasteiger partial charge in [-0.05, 0) is 31.4 Å². The van der Waals surface area contributed by atoms with Crippen molar-refractivity contribution >= 4 is 24.0 Å². The second kappa shape index (κ2) is 7.55. The molecule has 0 fully saturated rings. The van der Waals surface area contributed by atoms with Gasteiger partial charge < -0.3 is 9.72 Å². The molecular weight excluding hydrogens is 295 g/mol. The van der Waals surface area contributed by atoms with E-state index in [1.807, 2.05) is 31.2 Å². The second-order valence-corrected chi connectivity index (χ2v) is 5.16. The standard InChI is InChI=1S/C15H19ClN2O.ClH/c1-10(9-16)7-14-11(2)17-15(18-14)12-5-4-6-13(8-12)19-3;/h4-6,8,10H,7,9H2,1-3H3,(H,17,18);1H. The predicted molar refractivity (Wildman–Crippen MR) is 86.1 cm³/mol. The summed E-state index contributed by atoms with van der Waals surface area (Å²) in [5, 5.41) is 0. The van der Waals surface area contributed by atoms with Gasteiger partial charge in [0.15, 0.2) is 0 Å². The summed E-state index contributed by atoms with van der Waals surface area (Å²) in [6, 6.07) is 7.89. The Hall–Kier alpha value is -1.19. The Morgan fingerprint density at radius 2 is 2.15 bits per heavy atom. The maximum absolute atomic E-state index is 5.86. The van der Waals surface area contributed by atoms with Crippen LogP contribution in [-0.2, 0) is 6.42 Å². The number of nitrogens with one attached hydrogen (secondary N) is 1. The Morgan fingerprint density at radius 1 is 1.40 bits per heavy atom. The number of aryl methyl sites for hydroxylation is 1. The fraction of sp³-hybridized carbons (Fsp3) is 0.400. The Morgan fingerprint density at radius 3 is 2.80 bits per heavy atom. The van der Waals surface area contributed by atoms with Crippen LogP contribution in [0.1, 0.15) is 18.3 Å². The zero-order chi connectivity index (χ0) is 13.8. The quantitative estimate of drug-likeness (QED) is 0.838. The molecule has 1 aromatic heterocycles. The van der Waals surface area contributed by atoms with Gasteiger partial charge in [0, 0.05) is 17.1 Å². The summed E-state index contributed by atoms with van der Waals surface area (Å²) in [6.45, 7) is 4.18. The summed E-state index contributed by atoms with van der Waals surface area (Å²) in [7, 11) is 1.67. The largest absolute Gasteiger partial charge is 0.497 e. The molecule has 1 N–H and O–H groups in total. The zero-order valence-corrected chi connectivity index (χ0v) is 13.5. The van der Waals surface area contributed by atoms with E-state index in [0.717, 1.165) is 34.9 Å². The molecule has 0 bridgehead atoms. The summed E-state index contributed by atoms with van der Waals surface area (Å²) in [6.07, 6.45) is 0.899. The van der Waals surface area contributed by atoms with Crippen molar-refractivity contribution in [1.82, 2.24) is 9.97 Å². The van der Waals surface area contributed by atoms with E-state index < -0.39 is 0 Å². The van der Waals surface area contributed by atoms with Crippen molar-refractivity contribution in [3.05, 3.63) is 35.7 Å². The van der Waals surface area contributed by atoms with Crippen molar-refractivity contribution < 1.29 is 4.74 Å². The van der Waals surface area contributed by atoms with Crippen molar-refractivity contribution in [3.8, 4) is 17.1 Å². The number of imidazole rings is 1. The van der Waals surface area contributed by atoms with Crippen molar-refractivity contribution in [3.63, 3.8) is 0 Å². The molecule has 0 radical (unpaired) electrons. The molecule has 2 aromatic rings. The summed E-state index contributed by atoms with van der Waals surface area (Å²) < 4.78 is 5.24. The number of aromatic nitrogens is 2. The van der Waals surface area contributed by atoms with Gasteiger partial charge in [0.05, 0.1) is 12.8 Å². The number of methoxy groups -OCH3 is 1. The maximum Gasteiger partial charge on any atom is 0.137 e. The number of hydrogen-bond acceptors (Lipinski definition) is 2. The topological polar surface area (TPSA) is 37.9 Å². The Balaban J connectivity index is 0.00000200. The van der Waals surface area contributed by atoms with Gasteiger partial charge in [-0.3, -0.25) is 0 Å². The molecule has 1 atom stereocenters. The lowest BCUT2D eigenvalue weighted by Gasteiger charge is -2.04.